The molecule has 0 aliphatic carbocycles. The van der Waals surface area contributed by atoms with Gasteiger partial charge in [-0.25, -0.2) is 0 Å². The summed E-state index contributed by atoms with van der Waals surface area (Å²) in [5.74, 6) is 5.07. The molecule has 8 heteroatoms. The van der Waals surface area contributed by atoms with Gasteiger partial charge in [-0.2, -0.15) is 13.1 Å². The molecule has 6 nitrogen and oxygen atoms in total. The van der Waals surface area contributed by atoms with Gasteiger partial charge in [-0.05, 0) is 18.2 Å². The van der Waals surface area contributed by atoms with Crippen molar-refractivity contribution < 1.29 is 18.3 Å². The van der Waals surface area contributed by atoms with Crippen molar-refractivity contribution in [1.82, 2.24) is 4.72 Å². The van der Waals surface area contributed by atoms with E-state index < -0.39 is 10.2 Å². The Morgan fingerprint density at radius 2 is 2.20 bits per heavy atom. The Labute approximate surface area is 123 Å². The third kappa shape index (κ3) is 5.77. The number of halogens is 1. The molecule has 0 aromatic heterocycles. The molecule has 0 aliphatic heterocycles. The van der Waals surface area contributed by atoms with Gasteiger partial charge in [-0.1, -0.05) is 23.4 Å². The van der Waals surface area contributed by atoms with Gasteiger partial charge in [0.1, 0.15) is 6.61 Å². The first-order valence-electron chi connectivity index (χ1n) is 5.64. The molecule has 0 atom stereocenters. The highest BCUT2D eigenvalue weighted by Crippen LogP contribution is 2.20. The molecular weight excluding hydrogens is 304 g/mol. The number of rotatable bonds is 6. The lowest BCUT2D eigenvalue weighted by molar-refractivity contribution is 0.204. The van der Waals surface area contributed by atoms with Crippen LogP contribution in [0.3, 0.4) is 0 Å². The van der Waals surface area contributed by atoms with E-state index >= 15 is 0 Å². The molecule has 0 aliphatic rings. The number of hydrogen-bond acceptors (Lipinski definition) is 4. The Kier molecular flexibility index (Phi) is 6.78. The third-order valence-corrected chi connectivity index (χ3v) is 3.43. The topological polar surface area (TPSA) is 87.7 Å². The third-order valence-electron chi connectivity index (χ3n) is 2.13. The van der Waals surface area contributed by atoms with Gasteiger partial charge in [-0.15, -0.1) is 0 Å². The fraction of sp³-hybridized carbons (Fsp3) is 0.333. The zero-order chi connectivity index (χ0) is 15.0. The molecule has 0 saturated heterocycles. The highest BCUT2D eigenvalue weighted by molar-refractivity contribution is 7.90. The Bertz CT molecular complexity index is 608. The second-order valence-electron chi connectivity index (χ2n) is 3.64. The minimum absolute atomic E-state index is 0.150. The first-order valence-corrected chi connectivity index (χ1v) is 7.50. The van der Waals surface area contributed by atoms with Gasteiger partial charge in [0.2, 0.25) is 0 Å². The number of methoxy groups -OCH3 is 1. The van der Waals surface area contributed by atoms with Crippen LogP contribution >= 0.6 is 11.6 Å². The molecule has 0 spiro atoms. The summed E-state index contributed by atoms with van der Waals surface area (Å²) in [4.78, 5) is 0. The SMILES string of the molecule is COCCNS(=O)(=O)Nc1ccc(Cl)cc1C#CCO. The van der Waals surface area contributed by atoms with E-state index in [0.29, 0.717) is 10.6 Å². The van der Waals surface area contributed by atoms with Crippen molar-refractivity contribution in [2.24, 2.45) is 0 Å². The van der Waals surface area contributed by atoms with Gasteiger partial charge in [0, 0.05) is 18.7 Å². The zero-order valence-corrected chi connectivity index (χ0v) is 12.4. The Balaban J connectivity index is 2.91. The molecule has 0 unspecified atom stereocenters. The first-order chi connectivity index (χ1) is 9.48. The lowest BCUT2D eigenvalue weighted by atomic mass is 10.2. The maximum atomic E-state index is 11.8. The van der Waals surface area contributed by atoms with Gasteiger partial charge < -0.3 is 9.84 Å². The summed E-state index contributed by atoms with van der Waals surface area (Å²) in [5, 5.41) is 9.11. The van der Waals surface area contributed by atoms with Crippen molar-refractivity contribution in [2.45, 2.75) is 0 Å². The number of nitrogens with one attached hydrogen (secondary N) is 2. The highest BCUT2D eigenvalue weighted by Gasteiger charge is 2.11. The van der Waals surface area contributed by atoms with Crippen LogP contribution < -0.4 is 9.44 Å². The molecule has 1 rings (SSSR count). The van der Waals surface area contributed by atoms with E-state index in [1.165, 1.54) is 19.2 Å². The summed E-state index contributed by atoms with van der Waals surface area (Å²) < 4.78 is 33.0. The lowest BCUT2D eigenvalue weighted by Crippen LogP contribution is -2.32. The minimum Gasteiger partial charge on any atom is -0.384 e. The largest absolute Gasteiger partial charge is 0.384 e. The average Bonchev–Trinajstić information content (AvgIpc) is 2.39. The van der Waals surface area contributed by atoms with E-state index in [1.807, 2.05) is 0 Å². The smallest absolute Gasteiger partial charge is 0.299 e. The van der Waals surface area contributed by atoms with Gasteiger partial charge in [0.25, 0.3) is 10.2 Å². The predicted octanol–water partition coefficient (Wildman–Crippen LogP) is 0.577. The first kappa shape index (κ1) is 16.8. The van der Waals surface area contributed by atoms with Crippen LogP contribution in [0.1, 0.15) is 5.56 Å². The monoisotopic (exact) mass is 318 g/mol. The molecule has 1 aromatic carbocycles. The molecule has 20 heavy (non-hydrogen) atoms. The highest BCUT2D eigenvalue weighted by atomic mass is 35.5. The molecule has 0 bridgehead atoms. The summed E-state index contributed by atoms with van der Waals surface area (Å²) in [6.07, 6.45) is 0. The second kappa shape index (κ2) is 8.09. The fourth-order valence-electron chi connectivity index (χ4n) is 1.30. The van der Waals surface area contributed by atoms with Crippen molar-refractivity contribution in [3.8, 4) is 11.8 Å². The van der Waals surface area contributed by atoms with Crippen LogP contribution in [0.4, 0.5) is 5.69 Å². The summed E-state index contributed by atoms with van der Waals surface area (Å²) >= 11 is 5.83. The maximum absolute atomic E-state index is 11.8. The number of benzene rings is 1. The van der Waals surface area contributed by atoms with Crippen molar-refractivity contribution >= 4 is 27.5 Å². The van der Waals surface area contributed by atoms with Crippen LogP contribution in [0, 0.1) is 11.8 Å². The van der Waals surface area contributed by atoms with Gasteiger partial charge in [0.05, 0.1) is 17.9 Å². The Hall–Kier alpha value is -1.30. The number of aliphatic hydroxyl groups excluding tert-OH is 1. The lowest BCUT2D eigenvalue weighted by Gasteiger charge is -2.11. The van der Waals surface area contributed by atoms with Crippen LogP contribution in [0.5, 0.6) is 0 Å². The number of hydrogen-bond donors (Lipinski definition) is 3. The molecule has 0 fully saturated rings. The van der Waals surface area contributed by atoms with E-state index in [-0.39, 0.29) is 25.4 Å². The number of anilines is 1. The van der Waals surface area contributed by atoms with Crippen molar-refractivity contribution in [2.75, 3.05) is 31.6 Å². The minimum atomic E-state index is -3.72. The maximum Gasteiger partial charge on any atom is 0.299 e. The summed E-state index contributed by atoms with van der Waals surface area (Å²) in [5.41, 5.74) is 0.656. The van der Waals surface area contributed by atoms with Crippen LogP contribution in [0.15, 0.2) is 18.2 Å². The molecule has 3 N–H and O–H groups in total. The molecular formula is C12H15ClN2O4S. The molecule has 0 saturated carbocycles. The zero-order valence-electron chi connectivity index (χ0n) is 10.8. The van der Waals surface area contributed by atoms with E-state index in [2.05, 4.69) is 21.3 Å². The molecule has 0 radical (unpaired) electrons. The van der Waals surface area contributed by atoms with Crippen LogP contribution in [-0.2, 0) is 14.9 Å². The molecule has 0 heterocycles. The quantitative estimate of drug-likeness (QED) is 0.529. The van der Waals surface area contributed by atoms with Crippen molar-refractivity contribution in [1.29, 1.82) is 0 Å². The Morgan fingerprint density at radius 1 is 1.45 bits per heavy atom. The second-order valence-corrected chi connectivity index (χ2v) is 5.58. The summed E-state index contributed by atoms with van der Waals surface area (Å²) in [6, 6.07) is 4.55. The standard InChI is InChI=1S/C12H15ClN2O4S/c1-19-8-6-14-20(17,18)15-12-5-4-11(13)9-10(12)3-2-7-16/h4-5,9,14-16H,6-8H2,1H3. The molecule has 0 amide bonds. The summed E-state index contributed by atoms with van der Waals surface area (Å²) in [7, 11) is -2.24. The number of aliphatic hydroxyl groups is 1. The van der Waals surface area contributed by atoms with E-state index in [9.17, 15) is 8.42 Å². The Morgan fingerprint density at radius 3 is 2.85 bits per heavy atom. The number of ether oxygens (including phenoxy) is 1. The van der Waals surface area contributed by atoms with Crippen LogP contribution in [0.2, 0.25) is 5.02 Å². The van der Waals surface area contributed by atoms with E-state index in [1.54, 1.807) is 6.07 Å². The van der Waals surface area contributed by atoms with E-state index in [4.69, 9.17) is 21.4 Å². The molecule has 1 aromatic rings. The predicted molar refractivity (Wildman–Crippen MR) is 77.8 cm³/mol. The summed E-state index contributed by atoms with van der Waals surface area (Å²) in [6.45, 7) is 0.0839. The van der Waals surface area contributed by atoms with Crippen molar-refractivity contribution in [3.63, 3.8) is 0 Å². The van der Waals surface area contributed by atoms with Crippen molar-refractivity contribution in [3.05, 3.63) is 28.8 Å². The fourth-order valence-corrected chi connectivity index (χ4v) is 2.37. The van der Waals surface area contributed by atoms with Gasteiger partial charge in [-0.3, -0.25) is 4.72 Å². The van der Waals surface area contributed by atoms with Crippen LogP contribution in [0.25, 0.3) is 0 Å². The van der Waals surface area contributed by atoms with Crippen LogP contribution in [-0.4, -0.2) is 40.4 Å². The average molecular weight is 319 g/mol. The van der Waals surface area contributed by atoms with E-state index in [0.717, 1.165) is 0 Å². The van der Waals surface area contributed by atoms with Gasteiger partial charge >= 0.3 is 0 Å². The molecule has 110 valence electrons. The van der Waals surface area contributed by atoms with Gasteiger partial charge in [0.15, 0.2) is 0 Å². The normalized spacial score (nSPS) is 10.8.